The van der Waals surface area contributed by atoms with Gasteiger partial charge in [-0.2, -0.15) is 11.8 Å². The van der Waals surface area contributed by atoms with Crippen LogP contribution in [0.25, 0.3) is 0 Å². The highest BCUT2D eigenvalue weighted by atomic mass is 32.2. The summed E-state index contributed by atoms with van der Waals surface area (Å²) in [6.07, 6.45) is 5.95. The second-order valence-corrected chi connectivity index (χ2v) is 4.68. The van der Waals surface area contributed by atoms with Crippen molar-refractivity contribution in [1.82, 2.24) is 10.3 Å². The highest BCUT2D eigenvalue weighted by molar-refractivity contribution is 7.98. The highest BCUT2D eigenvalue weighted by Crippen LogP contribution is 2.17. The maximum atomic E-state index is 4.19. The van der Waals surface area contributed by atoms with E-state index in [1.807, 2.05) is 24.2 Å². The Labute approximate surface area is 103 Å². The van der Waals surface area contributed by atoms with Crippen molar-refractivity contribution < 1.29 is 0 Å². The molecule has 1 heterocycles. The molecule has 0 aliphatic carbocycles. The van der Waals surface area contributed by atoms with Crippen LogP contribution in [0.2, 0.25) is 0 Å². The monoisotopic (exact) mass is 239 g/mol. The molecule has 0 saturated carbocycles. The molecule has 1 N–H and O–H groups in total. The molecular weight excluding hydrogens is 218 g/mol. The van der Waals surface area contributed by atoms with Crippen LogP contribution >= 0.6 is 11.8 Å². The Balaban J connectivity index is 2.68. The number of nitrogens with one attached hydrogen (secondary N) is 1. The zero-order valence-corrected chi connectivity index (χ0v) is 11.2. The van der Waals surface area contributed by atoms with Crippen molar-refractivity contribution in [3.8, 4) is 0 Å². The number of pyridine rings is 1. The van der Waals surface area contributed by atoms with Crippen LogP contribution in [-0.2, 0) is 6.54 Å². The molecule has 0 atom stereocenters. The quantitative estimate of drug-likeness (QED) is 0.787. The first-order valence-corrected chi connectivity index (χ1v) is 7.02. The predicted octanol–water partition coefficient (Wildman–Crippen LogP) is 1.99. The van der Waals surface area contributed by atoms with Crippen molar-refractivity contribution in [2.45, 2.75) is 13.5 Å². The van der Waals surface area contributed by atoms with Gasteiger partial charge in [0.1, 0.15) is 0 Å². The van der Waals surface area contributed by atoms with Crippen molar-refractivity contribution in [3.63, 3.8) is 0 Å². The average Bonchev–Trinajstić information content (AvgIpc) is 2.33. The first-order valence-electron chi connectivity index (χ1n) is 5.63. The fourth-order valence-electron chi connectivity index (χ4n) is 1.54. The summed E-state index contributed by atoms with van der Waals surface area (Å²) in [4.78, 5) is 6.49. The molecule has 0 aliphatic rings. The highest BCUT2D eigenvalue weighted by Gasteiger charge is 2.06. The van der Waals surface area contributed by atoms with E-state index < -0.39 is 0 Å². The van der Waals surface area contributed by atoms with Crippen LogP contribution in [0.5, 0.6) is 0 Å². The van der Waals surface area contributed by atoms with Gasteiger partial charge < -0.3 is 10.2 Å². The molecule has 90 valence electrons. The molecule has 0 saturated heterocycles. The molecular formula is C12H21N3S. The Kier molecular flexibility index (Phi) is 6.26. The zero-order valence-electron chi connectivity index (χ0n) is 10.4. The number of nitrogens with zero attached hydrogens (tertiary/aromatic N) is 2. The van der Waals surface area contributed by atoms with E-state index in [9.17, 15) is 0 Å². The van der Waals surface area contributed by atoms with Gasteiger partial charge in [-0.1, -0.05) is 6.92 Å². The summed E-state index contributed by atoms with van der Waals surface area (Å²) in [6.45, 7) is 5.07. The summed E-state index contributed by atoms with van der Waals surface area (Å²) < 4.78 is 0. The SMILES string of the molecule is CCNCc1cnccc1N(C)CCSC. The largest absolute Gasteiger partial charge is 0.373 e. The zero-order chi connectivity index (χ0) is 11.8. The van der Waals surface area contributed by atoms with Crippen LogP contribution in [0.3, 0.4) is 0 Å². The van der Waals surface area contributed by atoms with Gasteiger partial charge >= 0.3 is 0 Å². The lowest BCUT2D eigenvalue weighted by molar-refractivity contribution is 0.721. The smallest absolute Gasteiger partial charge is 0.0440 e. The first kappa shape index (κ1) is 13.3. The molecule has 1 aromatic rings. The van der Waals surface area contributed by atoms with Crippen LogP contribution in [-0.4, -0.2) is 37.1 Å². The third-order valence-corrected chi connectivity index (χ3v) is 3.08. The third kappa shape index (κ3) is 4.02. The summed E-state index contributed by atoms with van der Waals surface area (Å²) in [5, 5.41) is 3.34. The van der Waals surface area contributed by atoms with Crippen molar-refractivity contribution in [2.24, 2.45) is 0 Å². The van der Waals surface area contributed by atoms with Crippen LogP contribution in [0.15, 0.2) is 18.5 Å². The lowest BCUT2D eigenvalue weighted by Crippen LogP contribution is -2.23. The summed E-state index contributed by atoms with van der Waals surface area (Å²) in [5.74, 6) is 1.15. The van der Waals surface area contributed by atoms with Gasteiger partial charge in [0.2, 0.25) is 0 Å². The van der Waals surface area contributed by atoms with Gasteiger partial charge in [0.25, 0.3) is 0 Å². The molecule has 0 amide bonds. The molecule has 0 bridgehead atoms. The maximum Gasteiger partial charge on any atom is 0.0440 e. The molecule has 0 fully saturated rings. The summed E-state index contributed by atoms with van der Waals surface area (Å²) in [6, 6.07) is 2.09. The number of hydrogen-bond acceptors (Lipinski definition) is 4. The Morgan fingerprint density at radius 1 is 1.50 bits per heavy atom. The number of anilines is 1. The van der Waals surface area contributed by atoms with E-state index in [0.717, 1.165) is 25.4 Å². The molecule has 0 unspecified atom stereocenters. The number of thioether (sulfide) groups is 1. The Morgan fingerprint density at radius 2 is 2.31 bits per heavy atom. The Hall–Kier alpha value is -0.740. The van der Waals surface area contributed by atoms with E-state index in [1.54, 1.807) is 0 Å². The average molecular weight is 239 g/mol. The molecule has 1 rings (SSSR count). The van der Waals surface area contributed by atoms with E-state index >= 15 is 0 Å². The first-order chi connectivity index (χ1) is 7.79. The van der Waals surface area contributed by atoms with E-state index in [0.29, 0.717) is 0 Å². The summed E-state index contributed by atoms with van der Waals surface area (Å²) in [7, 11) is 2.14. The topological polar surface area (TPSA) is 28.2 Å². The van der Waals surface area contributed by atoms with Gasteiger partial charge in [0.15, 0.2) is 0 Å². The summed E-state index contributed by atoms with van der Waals surface area (Å²) >= 11 is 1.88. The van der Waals surface area contributed by atoms with Crippen molar-refractivity contribution in [1.29, 1.82) is 0 Å². The van der Waals surface area contributed by atoms with Crippen LogP contribution in [0, 0.1) is 0 Å². The third-order valence-electron chi connectivity index (χ3n) is 2.49. The van der Waals surface area contributed by atoms with Crippen LogP contribution < -0.4 is 10.2 Å². The Morgan fingerprint density at radius 3 is 3.00 bits per heavy atom. The van der Waals surface area contributed by atoms with E-state index in [1.165, 1.54) is 11.3 Å². The van der Waals surface area contributed by atoms with Crippen LogP contribution in [0.4, 0.5) is 5.69 Å². The molecule has 3 nitrogen and oxygen atoms in total. The van der Waals surface area contributed by atoms with Gasteiger partial charge in [-0.05, 0) is 18.9 Å². The van der Waals surface area contributed by atoms with Gasteiger partial charge in [-0.25, -0.2) is 0 Å². The number of aromatic nitrogens is 1. The summed E-state index contributed by atoms with van der Waals surface area (Å²) in [5.41, 5.74) is 2.55. The van der Waals surface area contributed by atoms with E-state index in [2.05, 4.69) is 41.5 Å². The van der Waals surface area contributed by atoms with Gasteiger partial charge in [0, 0.05) is 49.5 Å². The molecule has 0 spiro atoms. The molecule has 16 heavy (non-hydrogen) atoms. The van der Waals surface area contributed by atoms with Crippen molar-refractivity contribution in [3.05, 3.63) is 24.0 Å². The molecule has 0 radical (unpaired) electrons. The normalized spacial score (nSPS) is 10.4. The van der Waals surface area contributed by atoms with E-state index in [4.69, 9.17) is 0 Å². The molecule has 0 aromatic carbocycles. The minimum Gasteiger partial charge on any atom is -0.373 e. The van der Waals surface area contributed by atoms with Gasteiger partial charge in [-0.15, -0.1) is 0 Å². The predicted molar refractivity (Wildman–Crippen MR) is 73.3 cm³/mol. The number of rotatable bonds is 7. The second-order valence-electron chi connectivity index (χ2n) is 3.70. The van der Waals surface area contributed by atoms with Crippen molar-refractivity contribution in [2.75, 3.05) is 37.0 Å². The van der Waals surface area contributed by atoms with E-state index in [-0.39, 0.29) is 0 Å². The van der Waals surface area contributed by atoms with Crippen molar-refractivity contribution >= 4 is 17.4 Å². The lowest BCUT2D eigenvalue weighted by Gasteiger charge is -2.21. The maximum absolute atomic E-state index is 4.19. The molecule has 0 aliphatic heterocycles. The van der Waals surface area contributed by atoms with Crippen LogP contribution in [0.1, 0.15) is 12.5 Å². The second kappa shape index (κ2) is 7.52. The molecule has 1 aromatic heterocycles. The fraction of sp³-hybridized carbons (Fsp3) is 0.583. The van der Waals surface area contributed by atoms with Gasteiger partial charge in [-0.3, -0.25) is 4.98 Å². The number of hydrogen-bond donors (Lipinski definition) is 1. The lowest BCUT2D eigenvalue weighted by atomic mass is 10.2. The Bertz CT molecular complexity index is 304. The fourth-order valence-corrected chi connectivity index (χ4v) is 1.99. The van der Waals surface area contributed by atoms with Gasteiger partial charge in [0.05, 0.1) is 0 Å². The molecule has 4 heteroatoms. The minimum absolute atomic E-state index is 0.892. The standard InChI is InChI=1S/C12H21N3S/c1-4-13-9-11-10-14-6-5-12(11)15(2)7-8-16-3/h5-6,10,13H,4,7-9H2,1-3H3. The minimum atomic E-state index is 0.892.